The molecule has 2 aromatic rings. The molecule has 138 valence electrons. The van der Waals surface area contributed by atoms with Gasteiger partial charge in [-0.2, -0.15) is 0 Å². The van der Waals surface area contributed by atoms with E-state index in [4.69, 9.17) is 4.74 Å². The third kappa shape index (κ3) is 5.32. The standard InChI is InChI=1S/C18H19NO6S/c1-12(25-16-10-6-14(7-11-16)18(21)24-2)17(20)13-4-8-15(9-5-13)19-26(3,22)23/h4-12,19H,1-3H3/t12-/m1/s1. The summed E-state index contributed by atoms with van der Waals surface area (Å²) in [5.74, 6) is -0.273. The van der Waals surface area contributed by atoms with Crippen molar-refractivity contribution in [2.45, 2.75) is 13.0 Å². The first-order valence-corrected chi connectivity index (χ1v) is 9.56. The molecule has 0 spiro atoms. The zero-order valence-electron chi connectivity index (χ0n) is 14.6. The molecule has 0 aliphatic rings. The molecule has 0 saturated carbocycles. The lowest BCUT2D eigenvalue weighted by atomic mass is 10.1. The second kappa shape index (κ2) is 8.01. The highest BCUT2D eigenvalue weighted by Crippen LogP contribution is 2.17. The average Bonchev–Trinajstić information content (AvgIpc) is 2.60. The fourth-order valence-corrected chi connectivity index (χ4v) is 2.76. The Balaban J connectivity index is 2.04. The van der Waals surface area contributed by atoms with Crippen LogP contribution in [0.25, 0.3) is 0 Å². The van der Waals surface area contributed by atoms with Gasteiger partial charge < -0.3 is 9.47 Å². The zero-order chi connectivity index (χ0) is 19.3. The maximum Gasteiger partial charge on any atom is 0.337 e. The molecule has 7 nitrogen and oxygen atoms in total. The van der Waals surface area contributed by atoms with Crippen molar-refractivity contribution in [1.82, 2.24) is 0 Å². The van der Waals surface area contributed by atoms with Gasteiger partial charge in [0, 0.05) is 11.3 Å². The van der Waals surface area contributed by atoms with Crippen LogP contribution in [0.1, 0.15) is 27.6 Å². The lowest BCUT2D eigenvalue weighted by Gasteiger charge is -2.14. The molecular weight excluding hydrogens is 358 g/mol. The number of nitrogens with one attached hydrogen (secondary N) is 1. The van der Waals surface area contributed by atoms with Crippen LogP contribution in [0.4, 0.5) is 5.69 Å². The van der Waals surface area contributed by atoms with E-state index >= 15 is 0 Å². The number of Topliss-reactive ketones (excluding diaryl/α,β-unsaturated/α-hetero) is 1. The van der Waals surface area contributed by atoms with Gasteiger partial charge in [-0.3, -0.25) is 9.52 Å². The van der Waals surface area contributed by atoms with Gasteiger partial charge in [0.25, 0.3) is 0 Å². The lowest BCUT2D eigenvalue weighted by Crippen LogP contribution is -2.24. The zero-order valence-corrected chi connectivity index (χ0v) is 15.4. The maximum absolute atomic E-state index is 12.4. The van der Waals surface area contributed by atoms with Crippen LogP contribution >= 0.6 is 0 Å². The third-order valence-electron chi connectivity index (χ3n) is 3.43. The predicted molar refractivity (Wildman–Crippen MR) is 97.1 cm³/mol. The predicted octanol–water partition coefficient (Wildman–Crippen LogP) is 2.49. The fourth-order valence-electron chi connectivity index (χ4n) is 2.20. The highest BCUT2D eigenvalue weighted by molar-refractivity contribution is 7.92. The first-order chi connectivity index (χ1) is 12.2. The molecular formula is C18H19NO6S. The van der Waals surface area contributed by atoms with Crippen molar-refractivity contribution in [1.29, 1.82) is 0 Å². The van der Waals surface area contributed by atoms with Gasteiger partial charge in [-0.1, -0.05) is 0 Å². The minimum atomic E-state index is -3.37. The van der Waals surface area contributed by atoms with Crippen molar-refractivity contribution in [3.8, 4) is 5.75 Å². The van der Waals surface area contributed by atoms with E-state index < -0.39 is 22.1 Å². The van der Waals surface area contributed by atoms with E-state index in [1.165, 1.54) is 31.4 Å². The van der Waals surface area contributed by atoms with Crippen molar-refractivity contribution in [3.05, 3.63) is 59.7 Å². The summed E-state index contributed by atoms with van der Waals surface area (Å²) in [5, 5.41) is 0. The summed E-state index contributed by atoms with van der Waals surface area (Å²) in [5.41, 5.74) is 1.14. The molecule has 2 rings (SSSR count). The summed E-state index contributed by atoms with van der Waals surface area (Å²) >= 11 is 0. The number of esters is 1. The van der Waals surface area contributed by atoms with Crippen molar-refractivity contribution in [2.24, 2.45) is 0 Å². The van der Waals surface area contributed by atoms with Gasteiger partial charge in [0.1, 0.15) is 5.75 Å². The van der Waals surface area contributed by atoms with E-state index in [0.717, 1.165) is 6.26 Å². The van der Waals surface area contributed by atoms with Crippen LogP contribution in [-0.4, -0.2) is 39.6 Å². The number of carbonyl (C=O) groups excluding carboxylic acids is 2. The summed E-state index contributed by atoms with van der Waals surface area (Å²) in [6, 6.07) is 12.3. The monoisotopic (exact) mass is 377 g/mol. The van der Waals surface area contributed by atoms with Gasteiger partial charge >= 0.3 is 5.97 Å². The number of sulfonamides is 1. The molecule has 0 fully saturated rings. The summed E-state index contributed by atoms with van der Waals surface area (Å²) in [7, 11) is -2.08. The average molecular weight is 377 g/mol. The number of rotatable bonds is 7. The molecule has 8 heteroatoms. The van der Waals surface area contributed by atoms with Gasteiger partial charge in [0.2, 0.25) is 15.8 Å². The van der Waals surface area contributed by atoms with Gasteiger partial charge in [0.05, 0.1) is 18.9 Å². The summed E-state index contributed by atoms with van der Waals surface area (Å²) in [4.78, 5) is 23.8. The lowest BCUT2D eigenvalue weighted by molar-refractivity contribution is 0.0600. The second-order valence-corrected chi connectivity index (χ2v) is 7.34. The molecule has 2 aromatic carbocycles. The number of hydrogen-bond acceptors (Lipinski definition) is 6. The Hall–Kier alpha value is -2.87. The molecule has 0 aliphatic carbocycles. The number of ketones is 1. The molecule has 1 N–H and O–H groups in total. The van der Waals surface area contributed by atoms with Crippen LogP contribution in [0.3, 0.4) is 0 Å². The van der Waals surface area contributed by atoms with E-state index in [2.05, 4.69) is 9.46 Å². The van der Waals surface area contributed by atoms with Crippen LogP contribution in [0.15, 0.2) is 48.5 Å². The van der Waals surface area contributed by atoms with E-state index in [0.29, 0.717) is 22.6 Å². The smallest absolute Gasteiger partial charge is 0.337 e. The Morgan fingerprint density at radius 1 is 0.962 bits per heavy atom. The highest BCUT2D eigenvalue weighted by atomic mass is 32.2. The van der Waals surface area contributed by atoms with E-state index in [9.17, 15) is 18.0 Å². The quantitative estimate of drug-likeness (QED) is 0.588. The van der Waals surface area contributed by atoms with E-state index in [-0.39, 0.29) is 5.78 Å². The third-order valence-corrected chi connectivity index (χ3v) is 4.04. The Bertz CT molecular complexity index is 888. The Morgan fingerprint density at radius 3 is 2.00 bits per heavy atom. The largest absolute Gasteiger partial charge is 0.483 e. The minimum absolute atomic E-state index is 0.257. The topological polar surface area (TPSA) is 98.8 Å². The normalized spacial score (nSPS) is 12.1. The molecule has 0 aromatic heterocycles. The van der Waals surface area contributed by atoms with Crippen LogP contribution in [-0.2, 0) is 14.8 Å². The second-order valence-electron chi connectivity index (χ2n) is 5.59. The molecule has 1 atom stereocenters. The molecule has 0 unspecified atom stereocenters. The van der Waals surface area contributed by atoms with Crippen LogP contribution in [0, 0.1) is 0 Å². The SMILES string of the molecule is COC(=O)c1ccc(O[C@H](C)C(=O)c2ccc(NS(C)(=O)=O)cc2)cc1. The van der Waals surface area contributed by atoms with E-state index in [1.54, 1.807) is 31.2 Å². The molecule has 0 saturated heterocycles. The first kappa shape index (κ1) is 19.5. The van der Waals surface area contributed by atoms with Crippen molar-refractivity contribution < 1.29 is 27.5 Å². The maximum atomic E-state index is 12.4. The van der Waals surface area contributed by atoms with Crippen molar-refractivity contribution in [2.75, 3.05) is 18.1 Å². The van der Waals surface area contributed by atoms with Crippen molar-refractivity contribution >= 4 is 27.5 Å². The fraction of sp³-hybridized carbons (Fsp3) is 0.222. The number of benzene rings is 2. The number of carbonyl (C=O) groups is 2. The van der Waals surface area contributed by atoms with Crippen molar-refractivity contribution in [3.63, 3.8) is 0 Å². The Kier molecular flexibility index (Phi) is 5.99. The van der Waals surface area contributed by atoms with Gasteiger partial charge in [0.15, 0.2) is 6.10 Å². The summed E-state index contributed by atoms with van der Waals surface area (Å²) < 4.78 is 34.9. The summed E-state index contributed by atoms with van der Waals surface area (Å²) in [6.07, 6.45) is 0.292. The molecule has 0 heterocycles. The molecule has 0 bridgehead atoms. The van der Waals surface area contributed by atoms with Crippen LogP contribution < -0.4 is 9.46 Å². The van der Waals surface area contributed by atoms with E-state index in [1.807, 2.05) is 0 Å². The van der Waals surface area contributed by atoms with Gasteiger partial charge in [-0.15, -0.1) is 0 Å². The highest BCUT2D eigenvalue weighted by Gasteiger charge is 2.17. The molecule has 0 aliphatic heterocycles. The molecule has 0 radical (unpaired) electrons. The van der Waals surface area contributed by atoms with Gasteiger partial charge in [-0.25, -0.2) is 13.2 Å². The van der Waals surface area contributed by atoms with Crippen LogP contribution in [0.5, 0.6) is 5.75 Å². The number of methoxy groups -OCH3 is 1. The summed E-state index contributed by atoms with van der Waals surface area (Å²) in [6.45, 7) is 1.61. The number of ether oxygens (including phenoxy) is 2. The first-order valence-electron chi connectivity index (χ1n) is 7.66. The minimum Gasteiger partial charge on any atom is -0.483 e. The molecule has 26 heavy (non-hydrogen) atoms. The van der Waals surface area contributed by atoms with Crippen LogP contribution in [0.2, 0.25) is 0 Å². The Morgan fingerprint density at radius 2 is 1.50 bits per heavy atom. The number of anilines is 1. The Labute approximate surface area is 152 Å². The van der Waals surface area contributed by atoms with Gasteiger partial charge in [-0.05, 0) is 55.5 Å². The number of hydrogen-bond donors (Lipinski definition) is 1. The molecule has 0 amide bonds.